The van der Waals surface area contributed by atoms with Crippen LogP contribution in [0.4, 0.5) is 11.6 Å². The van der Waals surface area contributed by atoms with Gasteiger partial charge >= 0.3 is 0 Å². The van der Waals surface area contributed by atoms with Crippen molar-refractivity contribution in [3.63, 3.8) is 0 Å². The summed E-state index contributed by atoms with van der Waals surface area (Å²) in [5.41, 5.74) is 0. The van der Waals surface area contributed by atoms with E-state index in [-0.39, 0.29) is 6.04 Å². The van der Waals surface area contributed by atoms with Crippen molar-refractivity contribution < 1.29 is 4.74 Å². The van der Waals surface area contributed by atoms with Gasteiger partial charge in [-0.05, 0) is 12.8 Å². The largest absolute Gasteiger partial charge is 0.383 e. The van der Waals surface area contributed by atoms with Crippen molar-refractivity contribution in [3.8, 4) is 0 Å². The van der Waals surface area contributed by atoms with E-state index in [1.165, 1.54) is 0 Å². The molecule has 1 aromatic heterocycles. The fourth-order valence-corrected chi connectivity index (χ4v) is 1.54. The summed E-state index contributed by atoms with van der Waals surface area (Å²) in [5.74, 6) is 2.88. The zero-order chi connectivity index (χ0) is 12.8. The standard InChI is InChI=1S/C12H22N4O/c1-8(2)10(7-17-5)16-12-6-11(13-4)14-9(3)15-12/h6,8,10H,7H2,1-5H3,(H2,13,14,15,16). The number of anilines is 2. The maximum atomic E-state index is 5.20. The fraction of sp³-hybridized carbons (Fsp3) is 0.667. The van der Waals surface area contributed by atoms with Crippen molar-refractivity contribution in [3.05, 3.63) is 11.9 Å². The van der Waals surface area contributed by atoms with Gasteiger partial charge in [-0.2, -0.15) is 0 Å². The molecule has 0 spiro atoms. The van der Waals surface area contributed by atoms with Gasteiger partial charge in [0.2, 0.25) is 0 Å². The molecule has 1 rings (SSSR count). The summed E-state index contributed by atoms with van der Waals surface area (Å²) in [5, 5.41) is 6.40. The Kier molecular flexibility index (Phi) is 5.15. The number of methoxy groups -OCH3 is 1. The smallest absolute Gasteiger partial charge is 0.132 e. The number of hydrogen-bond acceptors (Lipinski definition) is 5. The molecule has 0 aliphatic rings. The minimum Gasteiger partial charge on any atom is -0.383 e. The molecule has 0 fully saturated rings. The highest BCUT2D eigenvalue weighted by atomic mass is 16.5. The second kappa shape index (κ2) is 6.39. The molecule has 1 aromatic rings. The van der Waals surface area contributed by atoms with E-state index in [9.17, 15) is 0 Å². The lowest BCUT2D eigenvalue weighted by atomic mass is 10.1. The highest BCUT2D eigenvalue weighted by molar-refractivity contribution is 5.47. The lowest BCUT2D eigenvalue weighted by molar-refractivity contribution is 0.171. The number of aryl methyl sites for hydroxylation is 1. The molecule has 0 aliphatic heterocycles. The summed E-state index contributed by atoms with van der Waals surface area (Å²) in [4.78, 5) is 8.63. The molecule has 5 nitrogen and oxygen atoms in total. The molecule has 5 heteroatoms. The first kappa shape index (κ1) is 13.7. The number of aromatic nitrogens is 2. The molecule has 0 aromatic carbocycles. The third-order valence-electron chi connectivity index (χ3n) is 2.58. The van der Waals surface area contributed by atoms with Gasteiger partial charge in [-0.15, -0.1) is 0 Å². The molecule has 0 bridgehead atoms. The van der Waals surface area contributed by atoms with E-state index in [1.807, 2.05) is 20.0 Å². The summed E-state index contributed by atoms with van der Waals surface area (Å²) in [7, 11) is 3.56. The average Bonchev–Trinajstić information content (AvgIpc) is 2.27. The normalized spacial score (nSPS) is 12.6. The van der Waals surface area contributed by atoms with Gasteiger partial charge in [0.05, 0.1) is 12.6 Å². The molecule has 1 unspecified atom stereocenters. The number of ether oxygens (including phenoxy) is 1. The van der Waals surface area contributed by atoms with Crippen LogP contribution in [-0.2, 0) is 4.74 Å². The van der Waals surface area contributed by atoms with Crippen LogP contribution >= 0.6 is 0 Å². The van der Waals surface area contributed by atoms with E-state index in [0.717, 1.165) is 17.5 Å². The van der Waals surface area contributed by atoms with E-state index >= 15 is 0 Å². The SMILES string of the molecule is CNc1cc(NC(COC)C(C)C)nc(C)n1. The molecule has 0 saturated heterocycles. The van der Waals surface area contributed by atoms with E-state index in [4.69, 9.17) is 4.74 Å². The number of rotatable bonds is 6. The number of nitrogens with one attached hydrogen (secondary N) is 2. The first-order valence-corrected chi connectivity index (χ1v) is 5.85. The van der Waals surface area contributed by atoms with Gasteiger partial charge < -0.3 is 15.4 Å². The van der Waals surface area contributed by atoms with Gasteiger partial charge in [0.25, 0.3) is 0 Å². The van der Waals surface area contributed by atoms with Crippen LogP contribution in [0.25, 0.3) is 0 Å². The van der Waals surface area contributed by atoms with Gasteiger partial charge in [0.15, 0.2) is 0 Å². The minimum absolute atomic E-state index is 0.249. The van der Waals surface area contributed by atoms with Crippen molar-refractivity contribution in [1.82, 2.24) is 9.97 Å². The van der Waals surface area contributed by atoms with Crippen LogP contribution in [-0.4, -0.2) is 36.8 Å². The van der Waals surface area contributed by atoms with Crippen LogP contribution in [0.1, 0.15) is 19.7 Å². The molecule has 1 heterocycles. The fourth-order valence-electron chi connectivity index (χ4n) is 1.54. The van der Waals surface area contributed by atoms with Gasteiger partial charge in [0.1, 0.15) is 17.5 Å². The third-order valence-corrected chi connectivity index (χ3v) is 2.58. The summed E-state index contributed by atoms with van der Waals surface area (Å²) >= 11 is 0. The van der Waals surface area contributed by atoms with E-state index in [0.29, 0.717) is 12.5 Å². The summed E-state index contributed by atoms with van der Waals surface area (Å²) in [6.07, 6.45) is 0. The Morgan fingerprint density at radius 3 is 2.47 bits per heavy atom. The van der Waals surface area contributed by atoms with Gasteiger partial charge in [-0.1, -0.05) is 13.8 Å². The Morgan fingerprint density at radius 2 is 1.94 bits per heavy atom. The number of hydrogen-bond donors (Lipinski definition) is 2. The predicted octanol–water partition coefficient (Wildman–Crippen LogP) is 1.91. The average molecular weight is 238 g/mol. The highest BCUT2D eigenvalue weighted by Crippen LogP contribution is 2.14. The molecule has 0 saturated carbocycles. The van der Waals surface area contributed by atoms with Crippen molar-refractivity contribution >= 4 is 11.6 Å². The maximum Gasteiger partial charge on any atom is 0.132 e. The molecule has 2 N–H and O–H groups in total. The minimum atomic E-state index is 0.249. The van der Waals surface area contributed by atoms with Crippen LogP contribution in [0.3, 0.4) is 0 Å². The van der Waals surface area contributed by atoms with Gasteiger partial charge in [-0.3, -0.25) is 0 Å². The van der Waals surface area contributed by atoms with E-state index < -0.39 is 0 Å². The van der Waals surface area contributed by atoms with Crippen LogP contribution in [0.5, 0.6) is 0 Å². The topological polar surface area (TPSA) is 59.1 Å². The second-order valence-electron chi connectivity index (χ2n) is 4.39. The highest BCUT2D eigenvalue weighted by Gasteiger charge is 2.14. The molecule has 1 atom stereocenters. The summed E-state index contributed by atoms with van der Waals surface area (Å²) in [6.45, 7) is 6.86. The van der Waals surface area contributed by atoms with Crippen molar-refractivity contribution in [2.45, 2.75) is 26.8 Å². The van der Waals surface area contributed by atoms with Crippen LogP contribution < -0.4 is 10.6 Å². The molecule has 0 aliphatic carbocycles. The lowest BCUT2D eigenvalue weighted by Gasteiger charge is -2.22. The Hall–Kier alpha value is -1.36. The Balaban J connectivity index is 2.81. The Labute approximate surface area is 103 Å². The van der Waals surface area contributed by atoms with Crippen molar-refractivity contribution in [1.29, 1.82) is 0 Å². The molecule has 17 heavy (non-hydrogen) atoms. The Morgan fingerprint density at radius 1 is 1.29 bits per heavy atom. The molecular formula is C12H22N4O. The molecule has 0 radical (unpaired) electrons. The third kappa shape index (κ3) is 4.19. The van der Waals surface area contributed by atoms with Gasteiger partial charge in [-0.25, -0.2) is 9.97 Å². The molecular weight excluding hydrogens is 216 g/mol. The molecule has 0 amide bonds. The molecule has 96 valence electrons. The quantitative estimate of drug-likeness (QED) is 0.792. The maximum absolute atomic E-state index is 5.20. The first-order chi connectivity index (χ1) is 8.06. The summed E-state index contributed by atoms with van der Waals surface area (Å²) in [6, 6.07) is 2.15. The van der Waals surface area contributed by atoms with Crippen molar-refractivity contribution in [2.24, 2.45) is 5.92 Å². The van der Waals surface area contributed by atoms with Crippen molar-refractivity contribution in [2.75, 3.05) is 31.4 Å². The number of nitrogens with zero attached hydrogens (tertiary/aromatic N) is 2. The van der Waals surface area contributed by atoms with E-state index in [1.54, 1.807) is 7.11 Å². The van der Waals surface area contributed by atoms with Crippen LogP contribution in [0.15, 0.2) is 6.07 Å². The van der Waals surface area contributed by atoms with Gasteiger partial charge in [0, 0.05) is 20.2 Å². The first-order valence-electron chi connectivity index (χ1n) is 5.85. The zero-order valence-electron chi connectivity index (χ0n) is 11.2. The Bertz CT molecular complexity index is 354. The second-order valence-corrected chi connectivity index (χ2v) is 4.39. The van der Waals surface area contributed by atoms with Crippen LogP contribution in [0, 0.1) is 12.8 Å². The zero-order valence-corrected chi connectivity index (χ0v) is 11.2. The van der Waals surface area contributed by atoms with Crippen LogP contribution in [0.2, 0.25) is 0 Å². The predicted molar refractivity (Wildman–Crippen MR) is 70.4 cm³/mol. The lowest BCUT2D eigenvalue weighted by Crippen LogP contribution is -2.31. The monoisotopic (exact) mass is 238 g/mol. The van der Waals surface area contributed by atoms with E-state index in [2.05, 4.69) is 34.4 Å². The summed E-state index contributed by atoms with van der Waals surface area (Å²) < 4.78 is 5.20.